The predicted octanol–water partition coefficient (Wildman–Crippen LogP) is 24.4. The number of carbonyl (C=O) groups excluding carboxylic acids is 3. The monoisotopic (exact) mass is 1140 g/mol. The highest BCUT2D eigenvalue weighted by atomic mass is 16.6. The Balaban J connectivity index is 4.24. The summed E-state index contributed by atoms with van der Waals surface area (Å²) in [7, 11) is 0. The molecule has 0 aromatic carbocycles. The second-order valence-corrected chi connectivity index (χ2v) is 23.4. The van der Waals surface area contributed by atoms with Crippen molar-refractivity contribution in [2.24, 2.45) is 0 Å². The molecule has 0 aliphatic carbocycles. The molecule has 0 aliphatic heterocycles. The van der Waals surface area contributed by atoms with Crippen LogP contribution in [0, 0.1) is 0 Å². The maximum Gasteiger partial charge on any atom is 0.306 e. The van der Waals surface area contributed by atoms with E-state index in [1.807, 2.05) is 0 Å². The summed E-state index contributed by atoms with van der Waals surface area (Å²) in [6.45, 7) is 6.43. The van der Waals surface area contributed by atoms with Gasteiger partial charge in [-0.15, -0.1) is 0 Å². The van der Waals surface area contributed by atoms with Gasteiger partial charge in [0.05, 0.1) is 0 Å². The van der Waals surface area contributed by atoms with Gasteiger partial charge in [-0.05, 0) is 96.3 Å². The van der Waals surface area contributed by atoms with E-state index in [2.05, 4.69) is 118 Å². The summed E-state index contributed by atoms with van der Waals surface area (Å²) in [5, 5.41) is 0. The van der Waals surface area contributed by atoms with Gasteiger partial charge in [0.2, 0.25) is 0 Å². The minimum atomic E-state index is -0.793. The van der Waals surface area contributed by atoms with Gasteiger partial charge in [0, 0.05) is 19.3 Å². The van der Waals surface area contributed by atoms with Crippen molar-refractivity contribution in [3.63, 3.8) is 0 Å². The number of carbonyl (C=O) groups is 3. The van der Waals surface area contributed by atoms with Gasteiger partial charge in [0.15, 0.2) is 6.10 Å². The lowest BCUT2D eigenvalue weighted by atomic mass is 10.0. The summed E-state index contributed by atoms with van der Waals surface area (Å²) in [4.78, 5) is 38.4. The van der Waals surface area contributed by atoms with Crippen molar-refractivity contribution in [3.05, 3.63) is 97.2 Å². The first-order valence-corrected chi connectivity index (χ1v) is 35.2. The minimum absolute atomic E-state index is 0.0859. The molecule has 0 rings (SSSR count). The van der Waals surface area contributed by atoms with Gasteiger partial charge in [-0.1, -0.05) is 330 Å². The van der Waals surface area contributed by atoms with E-state index in [9.17, 15) is 14.4 Å². The fourth-order valence-electron chi connectivity index (χ4n) is 10.1. The van der Waals surface area contributed by atoms with E-state index in [0.29, 0.717) is 19.3 Å². The molecule has 0 spiro atoms. The van der Waals surface area contributed by atoms with Crippen LogP contribution in [0.15, 0.2) is 97.2 Å². The van der Waals surface area contributed by atoms with Crippen LogP contribution in [0.3, 0.4) is 0 Å². The molecule has 0 radical (unpaired) electrons. The normalized spacial score (nSPS) is 12.7. The average molecular weight is 1140 g/mol. The maximum atomic E-state index is 12.9. The lowest BCUT2D eigenvalue weighted by Gasteiger charge is -2.18. The van der Waals surface area contributed by atoms with E-state index in [1.165, 1.54) is 199 Å². The van der Waals surface area contributed by atoms with Crippen molar-refractivity contribution >= 4 is 17.9 Å². The van der Waals surface area contributed by atoms with Crippen molar-refractivity contribution in [3.8, 4) is 0 Å². The quantitative estimate of drug-likeness (QED) is 0.0261. The molecule has 0 aromatic rings. The third-order valence-electron chi connectivity index (χ3n) is 15.3. The standard InChI is InChI=1S/C76H132O6/c1-4-7-10-13-16-19-22-25-28-30-32-33-34-35-36-37-38-39-40-41-42-43-44-46-48-51-54-57-60-63-66-69-75(78)81-72-73(71-80-74(77)68-65-62-59-56-53-50-47-27-24-21-18-15-12-9-6-3)82-76(79)70-67-64-61-58-55-52-49-45-31-29-26-23-20-17-14-11-8-5-2/h7,9-10,12,16,18-19,21,25,27-28,32-33,47,53,56,73H,4-6,8,11,13-15,17,20,22-24,26,29-31,34-46,48-52,54-55,57-72H2,1-3H3/b10-7-,12-9-,19-16-,21-18-,28-25-,33-32-,47-27-,56-53-. The number of hydrogen-bond donors (Lipinski definition) is 0. The number of hydrogen-bond acceptors (Lipinski definition) is 6. The zero-order valence-corrected chi connectivity index (χ0v) is 54.2. The highest BCUT2D eigenvalue weighted by Crippen LogP contribution is 2.18. The summed E-state index contributed by atoms with van der Waals surface area (Å²) in [5.41, 5.74) is 0. The summed E-state index contributed by atoms with van der Waals surface area (Å²) in [6, 6.07) is 0. The van der Waals surface area contributed by atoms with E-state index in [-0.39, 0.29) is 31.1 Å². The number of unbranched alkanes of at least 4 members (excludes halogenated alkanes) is 37. The smallest absolute Gasteiger partial charge is 0.306 e. The van der Waals surface area contributed by atoms with Crippen LogP contribution in [0.4, 0.5) is 0 Å². The molecule has 0 fully saturated rings. The minimum Gasteiger partial charge on any atom is -0.462 e. The van der Waals surface area contributed by atoms with Crippen LogP contribution in [0.5, 0.6) is 0 Å². The van der Waals surface area contributed by atoms with Crippen molar-refractivity contribution < 1.29 is 28.6 Å². The first kappa shape index (κ1) is 78.3. The summed E-state index contributed by atoms with van der Waals surface area (Å²) >= 11 is 0. The van der Waals surface area contributed by atoms with E-state index >= 15 is 0 Å². The number of esters is 3. The SMILES string of the molecule is CC/C=C\C/C=C\C/C=C\C/C=C\CCCCCCCCCCCCCCCCCCCCC(=O)OCC(COC(=O)CCCC/C=C\C/C=C\C/C=C\C/C=C\CC)OC(=O)CCCCCCCCCCCCCCCCCCCC. The molecule has 0 saturated heterocycles. The van der Waals surface area contributed by atoms with Crippen LogP contribution in [-0.4, -0.2) is 37.2 Å². The molecule has 0 bridgehead atoms. The van der Waals surface area contributed by atoms with Crippen LogP contribution >= 0.6 is 0 Å². The van der Waals surface area contributed by atoms with Gasteiger partial charge in [0.1, 0.15) is 13.2 Å². The molecule has 6 heteroatoms. The van der Waals surface area contributed by atoms with Crippen molar-refractivity contribution in [2.45, 2.75) is 354 Å². The topological polar surface area (TPSA) is 78.9 Å². The molecule has 472 valence electrons. The Hall–Kier alpha value is -3.67. The Morgan fingerprint density at radius 2 is 0.476 bits per heavy atom. The number of allylic oxidation sites excluding steroid dienone is 16. The molecule has 0 saturated carbocycles. The fourth-order valence-corrected chi connectivity index (χ4v) is 10.1. The Labute approximate surface area is 508 Å². The zero-order valence-electron chi connectivity index (χ0n) is 54.2. The molecule has 6 nitrogen and oxygen atoms in total. The van der Waals surface area contributed by atoms with Gasteiger partial charge in [-0.3, -0.25) is 14.4 Å². The Morgan fingerprint density at radius 1 is 0.256 bits per heavy atom. The molecule has 1 atom stereocenters. The Morgan fingerprint density at radius 3 is 0.768 bits per heavy atom. The highest BCUT2D eigenvalue weighted by molar-refractivity contribution is 5.71. The summed E-state index contributed by atoms with van der Waals surface area (Å²) < 4.78 is 16.9. The zero-order chi connectivity index (χ0) is 59.2. The molecule has 0 heterocycles. The highest BCUT2D eigenvalue weighted by Gasteiger charge is 2.19. The van der Waals surface area contributed by atoms with Crippen LogP contribution in [-0.2, 0) is 28.6 Å². The van der Waals surface area contributed by atoms with Gasteiger partial charge in [-0.2, -0.15) is 0 Å². The third kappa shape index (κ3) is 67.1. The second-order valence-electron chi connectivity index (χ2n) is 23.4. The van der Waals surface area contributed by atoms with Crippen molar-refractivity contribution in [1.82, 2.24) is 0 Å². The van der Waals surface area contributed by atoms with Crippen LogP contribution < -0.4 is 0 Å². The van der Waals surface area contributed by atoms with E-state index < -0.39 is 6.10 Å². The van der Waals surface area contributed by atoms with Gasteiger partial charge >= 0.3 is 17.9 Å². The summed E-state index contributed by atoms with van der Waals surface area (Å²) in [5.74, 6) is -0.910. The third-order valence-corrected chi connectivity index (χ3v) is 15.3. The van der Waals surface area contributed by atoms with Crippen LogP contribution in [0.25, 0.3) is 0 Å². The molecule has 1 unspecified atom stereocenters. The molecule has 0 aliphatic rings. The van der Waals surface area contributed by atoms with Crippen molar-refractivity contribution in [1.29, 1.82) is 0 Å². The number of ether oxygens (including phenoxy) is 3. The number of rotatable bonds is 64. The molecule has 0 N–H and O–H groups in total. The molecular weight excluding hydrogens is 1010 g/mol. The molecule has 0 aromatic heterocycles. The fraction of sp³-hybridized carbons (Fsp3) is 0.750. The average Bonchev–Trinajstić information content (AvgIpc) is 3.47. The lowest BCUT2D eigenvalue weighted by molar-refractivity contribution is -0.167. The van der Waals surface area contributed by atoms with E-state index in [1.54, 1.807) is 0 Å². The Bertz CT molecular complexity index is 1590. The molecule has 82 heavy (non-hydrogen) atoms. The van der Waals surface area contributed by atoms with Crippen LogP contribution in [0.1, 0.15) is 348 Å². The largest absolute Gasteiger partial charge is 0.462 e. The first-order valence-electron chi connectivity index (χ1n) is 35.2. The lowest BCUT2D eigenvalue weighted by Crippen LogP contribution is -2.30. The predicted molar refractivity (Wildman–Crippen MR) is 357 cm³/mol. The maximum absolute atomic E-state index is 12.9. The Kier molecular flexibility index (Phi) is 66.7. The van der Waals surface area contributed by atoms with Gasteiger partial charge in [-0.25, -0.2) is 0 Å². The van der Waals surface area contributed by atoms with E-state index in [4.69, 9.17) is 14.2 Å². The van der Waals surface area contributed by atoms with Crippen LogP contribution in [0.2, 0.25) is 0 Å². The first-order chi connectivity index (χ1) is 40.5. The van der Waals surface area contributed by atoms with Crippen molar-refractivity contribution in [2.75, 3.05) is 13.2 Å². The molecular formula is C76H132O6. The van der Waals surface area contributed by atoms with Gasteiger partial charge in [0.25, 0.3) is 0 Å². The van der Waals surface area contributed by atoms with E-state index in [0.717, 1.165) is 109 Å². The molecule has 0 amide bonds. The summed E-state index contributed by atoms with van der Waals surface area (Å²) in [6.07, 6.45) is 94.5. The second kappa shape index (κ2) is 69.8. The van der Waals surface area contributed by atoms with Gasteiger partial charge < -0.3 is 14.2 Å².